The highest BCUT2D eigenvalue weighted by Gasteiger charge is 2.16. The summed E-state index contributed by atoms with van der Waals surface area (Å²) >= 11 is 0. The van der Waals surface area contributed by atoms with Crippen LogP contribution in [0.25, 0.3) is 27.9 Å². The molecule has 4 heterocycles. The zero-order valence-corrected chi connectivity index (χ0v) is 16.1. The topological polar surface area (TPSA) is 54.0 Å². The molecule has 5 rings (SSSR count). The molecular weight excluding hydrogens is 371 g/mol. The standard InChI is InChI=1S/C22H21FN4O2/c1-25-7-3-9-26(11-10-25)16-6-5-15-12-17(22(28)29-20(15)13-16)19-14-27-8-2-4-18(23)21(27)24-19/h2,4-6,8,12-14H,3,7,9-11H2,1H3. The molecule has 29 heavy (non-hydrogen) atoms. The van der Waals surface area contributed by atoms with Crippen molar-refractivity contribution < 1.29 is 8.81 Å². The lowest BCUT2D eigenvalue weighted by molar-refractivity contribution is 0.360. The van der Waals surface area contributed by atoms with Gasteiger partial charge in [-0.1, -0.05) is 0 Å². The normalized spacial score (nSPS) is 15.9. The Morgan fingerprint density at radius 1 is 1.10 bits per heavy atom. The maximum atomic E-state index is 14.0. The lowest BCUT2D eigenvalue weighted by Gasteiger charge is -2.22. The van der Waals surface area contributed by atoms with Crippen molar-refractivity contribution in [1.82, 2.24) is 14.3 Å². The highest BCUT2D eigenvalue weighted by atomic mass is 19.1. The Hall–Kier alpha value is -3.19. The minimum absolute atomic E-state index is 0.184. The van der Waals surface area contributed by atoms with Crippen molar-refractivity contribution in [2.24, 2.45) is 0 Å². The zero-order chi connectivity index (χ0) is 20.0. The molecule has 4 aromatic rings. The van der Waals surface area contributed by atoms with Gasteiger partial charge >= 0.3 is 5.63 Å². The summed E-state index contributed by atoms with van der Waals surface area (Å²) in [6, 6.07) is 10.6. The molecule has 0 aliphatic carbocycles. The third-order valence-electron chi connectivity index (χ3n) is 5.52. The van der Waals surface area contributed by atoms with Gasteiger partial charge in [0.05, 0.1) is 11.3 Å². The first kappa shape index (κ1) is 17.9. The lowest BCUT2D eigenvalue weighted by atomic mass is 10.1. The molecule has 1 saturated heterocycles. The summed E-state index contributed by atoms with van der Waals surface area (Å²) in [5.74, 6) is -0.434. The Bertz CT molecular complexity index is 1260. The molecule has 1 aromatic carbocycles. The number of imidazole rings is 1. The number of likely N-dealkylation sites (N-methyl/N-ethyl adjacent to an activating group) is 1. The van der Waals surface area contributed by atoms with E-state index in [0.717, 1.165) is 43.7 Å². The molecule has 3 aromatic heterocycles. The van der Waals surface area contributed by atoms with Crippen LogP contribution < -0.4 is 10.5 Å². The summed E-state index contributed by atoms with van der Waals surface area (Å²) < 4.78 is 21.1. The van der Waals surface area contributed by atoms with Crippen molar-refractivity contribution in [2.45, 2.75) is 6.42 Å². The molecule has 7 heteroatoms. The summed E-state index contributed by atoms with van der Waals surface area (Å²) in [4.78, 5) is 21.6. The highest BCUT2D eigenvalue weighted by molar-refractivity contribution is 5.84. The third kappa shape index (κ3) is 3.27. The molecule has 0 atom stereocenters. The van der Waals surface area contributed by atoms with E-state index in [1.54, 1.807) is 28.9 Å². The van der Waals surface area contributed by atoms with Gasteiger partial charge in [0.1, 0.15) is 5.58 Å². The number of benzene rings is 1. The smallest absolute Gasteiger partial charge is 0.345 e. The van der Waals surface area contributed by atoms with Crippen LogP contribution in [-0.2, 0) is 0 Å². The second kappa shape index (κ2) is 7.00. The minimum Gasteiger partial charge on any atom is -0.422 e. The molecule has 1 aliphatic rings. The zero-order valence-electron chi connectivity index (χ0n) is 16.1. The van der Waals surface area contributed by atoms with Gasteiger partial charge in [-0.15, -0.1) is 0 Å². The van der Waals surface area contributed by atoms with E-state index in [2.05, 4.69) is 27.9 Å². The molecule has 1 aliphatic heterocycles. The lowest BCUT2D eigenvalue weighted by Crippen LogP contribution is -2.28. The quantitative estimate of drug-likeness (QED) is 0.490. The van der Waals surface area contributed by atoms with Crippen molar-refractivity contribution in [1.29, 1.82) is 0 Å². The maximum Gasteiger partial charge on any atom is 0.345 e. The van der Waals surface area contributed by atoms with E-state index in [9.17, 15) is 9.18 Å². The number of aromatic nitrogens is 2. The molecule has 0 radical (unpaired) electrons. The van der Waals surface area contributed by atoms with Crippen molar-refractivity contribution >= 4 is 22.3 Å². The van der Waals surface area contributed by atoms with Gasteiger partial charge in [-0.25, -0.2) is 14.2 Å². The van der Waals surface area contributed by atoms with Crippen LogP contribution >= 0.6 is 0 Å². The average Bonchev–Trinajstić information content (AvgIpc) is 3.03. The van der Waals surface area contributed by atoms with E-state index in [1.807, 2.05) is 12.1 Å². The summed E-state index contributed by atoms with van der Waals surface area (Å²) in [5, 5.41) is 0.813. The fourth-order valence-corrected chi connectivity index (χ4v) is 3.89. The van der Waals surface area contributed by atoms with Gasteiger partial charge in [0.2, 0.25) is 0 Å². The van der Waals surface area contributed by atoms with Crippen LogP contribution in [0.5, 0.6) is 0 Å². The Balaban J connectivity index is 1.54. The molecule has 0 bridgehead atoms. The summed E-state index contributed by atoms with van der Waals surface area (Å²) in [7, 11) is 2.13. The number of fused-ring (bicyclic) bond motifs is 2. The molecule has 148 valence electrons. The van der Waals surface area contributed by atoms with E-state index >= 15 is 0 Å². The van der Waals surface area contributed by atoms with E-state index in [4.69, 9.17) is 4.42 Å². The first-order chi connectivity index (χ1) is 14.1. The van der Waals surface area contributed by atoms with E-state index in [0.29, 0.717) is 16.8 Å². The third-order valence-corrected chi connectivity index (χ3v) is 5.52. The number of rotatable bonds is 2. The first-order valence-electron chi connectivity index (χ1n) is 9.73. The number of nitrogens with zero attached hydrogens (tertiary/aromatic N) is 4. The number of hydrogen-bond acceptors (Lipinski definition) is 5. The molecule has 1 fully saturated rings. The van der Waals surface area contributed by atoms with E-state index < -0.39 is 11.4 Å². The minimum atomic E-state index is -0.478. The Morgan fingerprint density at radius 3 is 2.86 bits per heavy atom. The van der Waals surface area contributed by atoms with Crippen molar-refractivity contribution in [3.63, 3.8) is 0 Å². The average molecular weight is 392 g/mol. The molecule has 0 amide bonds. The second-order valence-corrected chi connectivity index (χ2v) is 7.53. The van der Waals surface area contributed by atoms with Gasteiger partial charge < -0.3 is 18.6 Å². The summed E-state index contributed by atoms with van der Waals surface area (Å²) in [6.07, 6.45) is 4.43. The molecule has 0 N–H and O–H groups in total. The van der Waals surface area contributed by atoms with Crippen LogP contribution in [0.1, 0.15) is 6.42 Å². The van der Waals surface area contributed by atoms with Gasteiger partial charge in [-0.3, -0.25) is 0 Å². The SMILES string of the molecule is CN1CCCN(c2ccc3cc(-c4cn5cccc(F)c5n4)c(=O)oc3c2)CC1. The molecule has 0 saturated carbocycles. The number of hydrogen-bond donors (Lipinski definition) is 0. The Labute approximate surface area is 166 Å². The second-order valence-electron chi connectivity index (χ2n) is 7.53. The molecule has 0 spiro atoms. The van der Waals surface area contributed by atoms with Crippen LogP contribution in [0.3, 0.4) is 0 Å². The van der Waals surface area contributed by atoms with E-state index in [-0.39, 0.29) is 5.65 Å². The summed E-state index contributed by atoms with van der Waals surface area (Å²) in [5.41, 5.74) is 2.02. The highest BCUT2D eigenvalue weighted by Crippen LogP contribution is 2.26. The molecule has 6 nitrogen and oxygen atoms in total. The number of pyridine rings is 1. The Kier molecular flexibility index (Phi) is 4.32. The van der Waals surface area contributed by atoms with E-state index in [1.165, 1.54) is 6.07 Å². The van der Waals surface area contributed by atoms with Crippen molar-refractivity contribution in [3.8, 4) is 11.3 Å². The Morgan fingerprint density at radius 2 is 2.00 bits per heavy atom. The van der Waals surface area contributed by atoms with Crippen LogP contribution in [0.15, 0.2) is 58.0 Å². The van der Waals surface area contributed by atoms with Crippen LogP contribution in [-0.4, -0.2) is 47.5 Å². The monoisotopic (exact) mass is 392 g/mol. The maximum absolute atomic E-state index is 14.0. The van der Waals surface area contributed by atoms with Gasteiger partial charge in [-0.05, 0) is 50.3 Å². The molecular formula is C22H21FN4O2. The number of anilines is 1. The fourth-order valence-electron chi connectivity index (χ4n) is 3.89. The van der Waals surface area contributed by atoms with Crippen molar-refractivity contribution in [2.75, 3.05) is 38.1 Å². The largest absolute Gasteiger partial charge is 0.422 e. The molecule has 0 unspecified atom stereocenters. The van der Waals surface area contributed by atoms with Gasteiger partial charge in [-0.2, -0.15) is 0 Å². The van der Waals surface area contributed by atoms with Crippen LogP contribution in [0.2, 0.25) is 0 Å². The predicted octanol–water partition coefficient (Wildman–Crippen LogP) is 3.39. The van der Waals surface area contributed by atoms with Crippen LogP contribution in [0, 0.1) is 5.82 Å². The van der Waals surface area contributed by atoms with Gasteiger partial charge in [0, 0.05) is 49.2 Å². The van der Waals surface area contributed by atoms with Crippen LogP contribution in [0.4, 0.5) is 10.1 Å². The van der Waals surface area contributed by atoms with Crippen molar-refractivity contribution in [3.05, 3.63) is 65.0 Å². The summed E-state index contributed by atoms with van der Waals surface area (Å²) in [6.45, 7) is 4.01. The predicted molar refractivity (Wildman–Crippen MR) is 111 cm³/mol. The van der Waals surface area contributed by atoms with Gasteiger partial charge in [0.25, 0.3) is 0 Å². The fraction of sp³-hybridized carbons (Fsp3) is 0.273. The van der Waals surface area contributed by atoms with Gasteiger partial charge in [0.15, 0.2) is 11.5 Å². The first-order valence-corrected chi connectivity index (χ1v) is 9.73. The number of halogens is 1.